The molecule has 5 nitrogen and oxygen atoms in total. The lowest BCUT2D eigenvalue weighted by atomic mass is 9.71. The molecule has 1 aliphatic heterocycles. The maximum absolute atomic E-state index is 13.5. The van der Waals surface area contributed by atoms with E-state index in [0.29, 0.717) is 19.3 Å². The summed E-state index contributed by atoms with van der Waals surface area (Å²) >= 11 is 1.29. The molecule has 2 aromatic carbocycles. The first-order valence-corrected chi connectivity index (χ1v) is 13.8. The number of ether oxygens (including phenoxy) is 1. The topological polar surface area (TPSA) is 92.8 Å². The number of aryl methyl sites for hydroxylation is 2. The van der Waals surface area contributed by atoms with Crippen LogP contribution in [0.25, 0.3) is 0 Å². The molecule has 36 heavy (non-hydrogen) atoms. The fourth-order valence-electron chi connectivity index (χ4n) is 5.55. The molecule has 0 aromatic heterocycles. The van der Waals surface area contributed by atoms with Crippen LogP contribution >= 0.6 is 11.8 Å². The standard InChI is InChI=1S/C30H39NO4S/c1-19-16-26(23(17-24(19)31)29(2,3)4)36-27-25(33)18-30(35-28(27)34,21-8-6-5-7-9-21)15-14-20-10-12-22(32)13-11-20/h10-13,16-17,21,32-33H,5-9,14-15,18,31H2,1-4H3. The van der Waals surface area contributed by atoms with Crippen LogP contribution in [0.2, 0.25) is 0 Å². The fourth-order valence-corrected chi connectivity index (χ4v) is 6.79. The van der Waals surface area contributed by atoms with Crippen LogP contribution < -0.4 is 5.73 Å². The number of aliphatic hydroxyl groups excluding tert-OH is 1. The predicted molar refractivity (Wildman–Crippen MR) is 146 cm³/mol. The van der Waals surface area contributed by atoms with Gasteiger partial charge in [0, 0.05) is 17.0 Å². The second-order valence-electron chi connectivity index (χ2n) is 11.5. The van der Waals surface area contributed by atoms with E-state index in [-0.39, 0.29) is 27.7 Å². The van der Waals surface area contributed by atoms with E-state index >= 15 is 0 Å². The first-order chi connectivity index (χ1) is 17.0. The number of thioether (sulfide) groups is 1. The van der Waals surface area contributed by atoms with Crippen LogP contribution in [0.5, 0.6) is 5.75 Å². The van der Waals surface area contributed by atoms with E-state index in [9.17, 15) is 15.0 Å². The first-order valence-electron chi connectivity index (χ1n) is 13.0. The fraction of sp³-hybridized carbons (Fsp3) is 0.500. The Morgan fingerprint density at radius 2 is 1.75 bits per heavy atom. The van der Waals surface area contributed by atoms with Crippen molar-refractivity contribution in [1.29, 1.82) is 0 Å². The molecular formula is C30H39NO4S. The van der Waals surface area contributed by atoms with Crippen molar-refractivity contribution in [2.24, 2.45) is 5.92 Å². The first kappa shape index (κ1) is 26.5. The maximum Gasteiger partial charge on any atom is 0.349 e. The molecule has 1 unspecified atom stereocenters. The maximum atomic E-state index is 13.5. The third-order valence-corrected chi connectivity index (χ3v) is 8.88. The van der Waals surface area contributed by atoms with Gasteiger partial charge in [-0.05, 0) is 84.9 Å². The molecule has 2 aliphatic rings. The lowest BCUT2D eigenvalue weighted by Crippen LogP contribution is -2.47. The van der Waals surface area contributed by atoms with E-state index in [2.05, 4.69) is 20.8 Å². The summed E-state index contributed by atoms with van der Waals surface area (Å²) in [7, 11) is 0. The smallest absolute Gasteiger partial charge is 0.349 e. The third kappa shape index (κ3) is 5.69. The number of benzene rings is 2. The number of phenols is 1. The van der Waals surface area contributed by atoms with Crippen molar-refractivity contribution in [3.63, 3.8) is 0 Å². The Labute approximate surface area is 219 Å². The normalized spacial score (nSPS) is 21.5. The zero-order valence-electron chi connectivity index (χ0n) is 21.9. The van der Waals surface area contributed by atoms with Gasteiger partial charge in [-0.25, -0.2) is 4.79 Å². The Hall–Kier alpha value is -2.60. The van der Waals surface area contributed by atoms with Gasteiger partial charge in [0.2, 0.25) is 0 Å². The van der Waals surface area contributed by atoms with Crippen molar-refractivity contribution in [1.82, 2.24) is 0 Å². The summed E-state index contributed by atoms with van der Waals surface area (Å²) in [5.41, 5.74) is 9.11. The van der Waals surface area contributed by atoms with E-state index in [1.807, 2.05) is 31.2 Å². The lowest BCUT2D eigenvalue weighted by molar-refractivity contribution is -0.168. The molecule has 1 fully saturated rings. The van der Waals surface area contributed by atoms with E-state index in [1.54, 1.807) is 12.1 Å². The van der Waals surface area contributed by atoms with Gasteiger partial charge in [0.05, 0.1) is 0 Å². The van der Waals surface area contributed by atoms with E-state index < -0.39 is 11.6 Å². The number of nitrogens with two attached hydrogens (primary N) is 1. The molecule has 4 rings (SSSR count). The molecule has 6 heteroatoms. The Kier molecular flexibility index (Phi) is 7.65. The molecule has 0 bridgehead atoms. The van der Waals surface area contributed by atoms with Gasteiger partial charge in [0.1, 0.15) is 22.0 Å². The number of anilines is 1. The zero-order valence-corrected chi connectivity index (χ0v) is 22.7. The van der Waals surface area contributed by atoms with Crippen LogP contribution in [0.4, 0.5) is 5.69 Å². The zero-order chi connectivity index (χ0) is 26.1. The van der Waals surface area contributed by atoms with Crippen LogP contribution in [-0.4, -0.2) is 21.8 Å². The van der Waals surface area contributed by atoms with Crippen molar-refractivity contribution >= 4 is 23.4 Å². The van der Waals surface area contributed by atoms with Gasteiger partial charge in [-0.15, -0.1) is 0 Å². The van der Waals surface area contributed by atoms with Gasteiger partial charge >= 0.3 is 5.97 Å². The Morgan fingerprint density at radius 3 is 2.36 bits per heavy atom. The number of rotatable bonds is 6. The van der Waals surface area contributed by atoms with Crippen LogP contribution in [0.15, 0.2) is 52.0 Å². The third-order valence-electron chi connectivity index (χ3n) is 7.72. The molecule has 1 heterocycles. The summed E-state index contributed by atoms with van der Waals surface area (Å²) in [6.45, 7) is 8.31. The average Bonchev–Trinajstić information content (AvgIpc) is 2.83. The van der Waals surface area contributed by atoms with Gasteiger partial charge < -0.3 is 20.7 Å². The summed E-state index contributed by atoms with van der Waals surface area (Å²) < 4.78 is 6.34. The highest BCUT2D eigenvalue weighted by Crippen LogP contribution is 2.48. The number of esters is 1. The summed E-state index contributed by atoms with van der Waals surface area (Å²) in [6.07, 6.45) is 7.14. The number of aliphatic hydroxyl groups is 1. The van der Waals surface area contributed by atoms with E-state index in [1.165, 1.54) is 18.2 Å². The van der Waals surface area contributed by atoms with E-state index in [4.69, 9.17) is 10.5 Å². The minimum atomic E-state index is -0.715. The highest BCUT2D eigenvalue weighted by Gasteiger charge is 2.47. The highest BCUT2D eigenvalue weighted by molar-refractivity contribution is 8.04. The second kappa shape index (κ2) is 10.4. The molecule has 2 aromatic rings. The number of hydrogen-bond donors (Lipinski definition) is 3. The number of phenolic OH excluding ortho intramolecular Hbond substituents is 1. The summed E-state index contributed by atoms with van der Waals surface area (Å²) in [5, 5.41) is 21.0. The SMILES string of the molecule is Cc1cc(SC2=C(O)CC(CCc3ccc(O)cc3)(C3CCCCC3)OC2=O)c(C(C)(C)C)cc1N. The quantitative estimate of drug-likeness (QED) is 0.279. The molecule has 1 aliphatic carbocycles. The molecule has 4 N–H and O–H groups in total. The second-order valence-corrected chi connectivity index (χ2v) is 12.5. The minimum absolute atomic E-state index is 0.127. The minimum Gasteiger partial charge on any atom is -0.511 e. The van der Waals surface area contributed by atoms with Crippen molar-refractivity contribution in [3.8, 4) is 5.75 Å². The summed E-state index contributed by atoms with van der Waals surface area (Å²) in [4.78, 5) is 14.7. The molecule has 0 spiro atoms. The molecule has 0 radical (unpaired) electrons. The number of carbonyl (C=O) groups is 1. The van der Waals surface area contributed by atoms with Gasteiger partial charge in [-0.1, -0.05) is 63.9 Å². The van der Waals surface area contributed by atoms with Crippen molar-refractivity contribution in [3.05, 3.63) is 63.8 Å². The van der Waals surface area contributed by atoms with Crippen LogP contribution in [0.3, 0.4) is 0 Å². The Bertz CT molecular complexity index is 1140. The number of cyclic esters (lactones) is 1. The van der Waals surface area contributed by atoms with Crippen LogP contribution in [0.1, 0.15) is 82.4 Å². The largest absolute Gasteiger partial charge is 0.511 e. The van der Waals surface area contributed by atoms with Crippen LogP contribution in [0, 0.1) is 12.8 Å². The summed E-state index contributed by atoms with van der Waals surface area (Å²) in [5.74, 6) is 0.153. The van der Waals surface area contributed by atoms with Crippen molar-refractivity contribution < 1.29 is 19.7 Å². The number of hydrogen-bond acceptors (Lipinski definition) is 6. The molecule has 0 saturated heterocycles. The predicted octanol–water partition coefficient (Wildman–Crippen LogP) is 7.34. The molecule has 194 valence electrons. The number of aromatic hydroxyl groups is 1. The Morgan fingerprint density at radius 1 is 1.08 bits per heavy atom. The van der Waals surface area contributed by atoms with Crippen molar-refractivity contribution in [2.75, 3.05) is 5.73 Å². The van der Waals surface area contributed by atoms with Crippen molar-refractivity contribution in [2.45, 2.75) is 95.0 Å². The molecule has 1 atom stereocenters. The molecule has 0 amide bonds. The average molecular weight is 510 g/mol. The van der Waals surface area contributed by atoms with E-state index in [0.717, 1.165) is 53.0 Å². The number of nitrogen functional groups attached to an aromatic ring is 1. The number of carbonyl (C=O) groups excluding carboxylic acids is 1. The van der Waals surface area contributed by atoms with Gasteiger partial charge in [-0.3, -0.25) is 0 Å². The lowest BCUT2D eigenvalue weighted by Gasteiger charge is -2.44. The summed E-state index contributed by atoms with van der Waals surface area (Å²) in [6, 6.07) is 11.2. The molecule has 1 saturated carbocycles. The van der Waals surface area contributed by atoms with Crippen LogP contribution in [-0.2, 0) is 21.4 Å². The monoisotopic (exact) mass is 509 g/mol. The van der Waals surface area contributed by atoms with Gasteiger partial charge in [0.25, 0.3) is 0 Å². The van der Waals surface area contributed by atoms with Gasteiger partial charge in [0.15, 0.2) is 0 Å². The Balaban J connectivity index is 1.65. The highest BCUT2D eigenvalue weighted by atomic mass is 32.2. The molecular weight excluding hydrogens is 470 g/mol. The van der Waals surface area contributed by atoms with Gasteiger partial charge in [-0.2, -0.15) is 0 Å².